The number of carbonyl (C=O) groups excluding carboxylic acids is 1. The first-order valence-corrected chi connectivity index (χ1v) is 5.64. The maximum atomic E-state index is 11.8. The third-order valence-electron chi connectivity index (χ3n) is 3.05. The highest BCUT2D eigenvalue weighted by atomic mass is 16.2. The third-order valence-corrected chi connectivity index (χ3v) is 3.05. The van der Waals surface area contributed by atoms with Crippen molar-refractivity contribution in [3.05, 3.63) is 0 Å². The van der Waals surface area contributed by atoms with Crippen LogP contribution in [0, 0.1) is 5.92 Å². The van der Waals surface area contributed by atoms with Gasteiger partial charge in [-0.3, -0.25) is 4.79 Å². The summed E-state index contributed by atoms with van der Waals surface area (Å²) in [5, 5.41) is 0. The summed E-state index contributed by atoms with van der Waals surface area (Å²) in [6.07, 6.45) is 4.19. The van der Waals surface area contributed by atoms with Gasteiger partial charge < -0.3 is 10.6 Å². The Kier molecular flexibility index (Phi) is 4.39. The fourth-order valence-corrected chi connectivity index (χ4v) is 1.97. The standard InChI is InChI=1S/C11H22N2O/c1-9(8-12)7-11(14)13-6-4-3-5-10(13)2/h9-10H,3-8,12H2,1-2H3. The van der Waals surface area contributed by atoms with E-state index in [9.17, 15) is 4.79 Å². The lowest BCUT2D eigenvalue weighted by molar-refractivity contribution is -0.135. The van der Waals surface area contributed by atoms with Crippen LogP contribution >= 0.6 is 0 Å². The molecule has 0 saturated carbocycles. The number of nitrogens with zero attached hydrogens (tertiary/aromatic N) is 1. The molecular formula is C11H22N2O. The zero-order valence-electron chi connectivity index (χ0n) is 9.33. The topological polar surface area (TPSA) is 46.3 Å². The minimum Gasteiger partial charge on any atom is -0.340 e. The van der Waals surface area contributed by atoms with Gasteiger partial charge in [0.2, 0.25) is 5.91 Å². The van der Waals surface area contributed by atoms with E-state index in [1.165, 1.54) is 6.42 Å². The predicted octanol–water partition coefficient (Wildman–Crippen LogP) is 1.37. The van der Waals surface area contributed by atoms with Crippen molar-refractivity contribution < 1.29 is 4.79 Å². The summed E-state index contributed by atoms with van der Waals surface area (Å²) in [4.78, 5) is 13.9. The van der Waals surface area contributed by atoms with Crippen molar-refractivity contribution in [2.75, 3.05) is 13.1 Å². The molecule has 3 nitrogen and oxygen atoms in total. The van der Waals surface area contributed by atoms with Gasteiger partial charge in [-0.15, -0.1) is 0 Å². The zero-order chi connectivity index (χ0) is 10.6. The first-order valence-electron chi connectivity index (χ1n) is 5.64. The minimum absolute atomic E-state index is 0.287. The van der Waals surface area contributed by atoms with Crippen molar-refractivity contribution in [3.8, 4) is 0 Å². The van der Waals surface area contributed by atoms with Crippen molar-refractivity contribution in [2.24, 2.45) is 11.7 Å². The summed E-state index contributed by atoms with van der Waals surface area (Å²) >= 11 is 0. The van der Waals surface area contributed by atoms with Crippen LogP contribution in [0.2, 0.25) is 0 Å². The van der Waals surface area contributed by atoms with Crippen LogP contribution in [0.3, 0.4) is 0 Å². The second kappa shape index (κ2) is 5.35. The van der Waals surface area contributed by atoms with Crippen molar-refractivity contribution >= 4 is 5.91 Å². The van der Waals surface area contributed by atoms with E-state index >= 15 is 0 Å². The lowest BCUT2D eigenvalue weighted by Crippen LogP contribution is -2.42. The maximum Gasteiger partial charge on any atom is 0.223 e. The molecule has 2 N–H and O–H groups in total. The average Bonchev–Trinajstić information content (AvgIpc) is 2.18. The average molecular weight is 198 g/mol. The number of likely N-dealkylation sites (tertiary alicyclic amines) is 1. The number of nitrogens with two attached hydrogens (primary N) is 1. The monoisotopic (exact) mass is 198 g/mol. The van der Waals surface area contributed by atoms with Gasteiger partial charge in [0.05, 0.1) is 0 Å². The van der Waals surface area contributed by atoms with Crippen LogP contribution < -0.4 is 5.73 Å². The summed E-state index contributed by atoms with van der Waals surface area (Å²) in [5.74, 6) is 0.603. The molecule has 0 aromatic rings. The lowest BCUT2D eigenvalue weighted by Gasteiger charge is -2.34. The molecule has 14 heavy (non-hydrogen) atoms. The first-order chi connectivity index (χ1) is 6.65. The molecule has 1 aliphatic rings. The van der Waals surface area contributed by atoms with Crippen LogP contribution in [0.1, 0.15) is 39.5 Å². The van der Waals surface area contributed by atoms with E-state index in [-0.39, 0.29) is 5.91 Å². The molecule has 1 heterocycles. The quantitative estimate of drug-likeness (QED) is 0.744. The van der Waals surface area contributed by atoms with Crippen LogP contribution in [0.5, 0.6) is 0 Å². The van der Waals surface area contributed by atoms with Crippen molar-refractivity contribution in [2.45, 2.75) is 45.6 Å². The van der Waals surface area contributed by atoms with E-state index in [4.69, 9.17) is 5.73 Å². The molecule has 3 heteroatoms. The minimum atomic E-state index is 0.287. The number of amides is 1. The third kappa shape index (κ3) is 2.98. The highest BCUT2D eigenvalue weighted by Gasteiger charge is 2.23. The summed E-state index contributed by atoms with van der Waals surface area (Å²) in [6.45, 7) is 5.72. The number of hydrogen-bond acceptors (Lipinski definition) is 2. The van der Waals surface area contributed by atoms with Crippen molar-refractivity contribution in [1.82, 2.24) is 4.90 Å². The highest BCUT2D eigenvalue weighted by Crippen LogP contribution is 2.18. The summed E-state index contributed by atoms with van der Waals surface area (Å²) in [5.41, 5.74) is 5.51. The Morgan fingerprint density at radius 3 is 2.86 bits per heavy atom. The smallest absolute Gasteiger partial charge is 0.223 e. The fourth-order valence-electron chi connectivity index (χ4n) is 1.97. The number of piperidine rings is 1. The molecule has 1 amide bonds. The molecule has 0 spiro atoms. The number of carbonyl (C=O) groups is 1. The largest absolute Gasteiger partial charge is 0.340 e. The SMILES string of the molecule is CC(CN)CC(=O)N1CCCCC1C. The first kappa shape index (κ1) is 11.5. The fraction of sp³-hybridized carbons (Fsp3) is 0.909. The van der Waals surface area contributed by atoms with E-state index < -0.39 is 0 Å². The molecule has 0 radical (unpaired) electrons. The Morgan fingerprint density at radius 1 is 1.57 bits per heavy atom. The molecule has 0 aromatic carbocycles. The van der Waals surface area contributed by atoms with Gasteiger partial charge in [-0.05, 0) is 38.6 Å². The van der Waals surface area contributed by atoms with Crippen LogP contribution in [0.25, 0.3) is 0 Å². The summed E-state index contributed by atoms with van der Waals surface area (Å²) in [7, 11) is 0. The molecule has 1 rings (SSSR count). The van der Waals surface area contributed by atoms with Gasteiger partial charge in [-0.2, -0.15) is 0 Å². The zero-order valence-corrected chi connectivity index (χ0v) is 9.33. The maximum absolute atomic E-state index is 11.8. The molecule has 0 bridgehead atoms. The van der Waals surface area contributed by atoms with E-state index in [1.807, 2.05) is 11.8 Å². The molecule has 1 saturated heterocycles. The van der Waals surface area contributed by atoms with Crippen LogP contribution in [0.4, 0.5) is 0 Å². The Hall–Kier alpha value is -0.570. The van der Waals surface area contributed by atoms with Gasteiger partial charge in [0.15, 0.2) is 0 Å². The number of rotatable bonds is 3. The lowest BCUT2D eigenvalue weighted by atomic mass is 10.0. The molecule has 1 fully saturated rings. The Labute approximate surface area is 86.6 Å². The van der Waals surface area contributed by atoms with Crippen LogP contribution in [-0.2, 0) is 4.79 Å². The van der Waals surface area contributed by atoms with Gasteiger partial charge >= 0.3 is 0 Å². The predicted molar refractivity (Wildman–Crippen MR) is 57.9 cm³/mol. The van der Waals surface area contributed by atoms with E-state index in [2.05, 4.69) is 6.92 Å². The van der Waals surface area contributed by atoms with Crippen molar-refractivity contribution in [1.29, 1.82) is 0 Å². The van der Waals surface area contributed by atoms with Gasteiger partial charge in [-0.1, -0.05) is 6.92 Å². The van der Waals surface area contributed by atoms with E-state index in [1.54, 1.807) is 0 Å². The Bertz CT molecular complexity index is 194. The van der Waals surface area contributed by atoms with Crippen LogP contribution in [0.15, 0.2) is 0 Å². The highest BCUT2D eigenvalue weighted by molar-refractivity contribution is 5.76. The normalized spacial score (nSPS) is 24.8. The van der Waals surface area contributed by atoms with E-state index in [0.29, 0.717) is 24.9 Å². The second-order valence-corrected chi connectivity index (χ2v) is 4.48. The van der Waals surface area contributed by atoms with Gasteiger partial charge in [-0.25, -0.2) is 0 Å². The molecule has 2 unspecified atom stereocenters. The molecule has 0 aromatic heterocycles. The van der Waals surface area contributed by atoms with Gasteiger partial charge in [0, 0.05) is 19.0 Å². The molecule has 0 aliphatic carbocycles. The van der Waals surface area contributed by atoms with Gasteiger partial charge in [0.25, 0.3) is 0 Å². The van der Waals surface area contributed by atoms with Gasteiger partial charge in [0.1, 0.15) is 0 Å². The summed E-state index contributed by atoms with van der Waals surface area (Å²) < 4.78 is 0. The molecule has 2 atom stereocenters. The number of hydrogen-bond donors (Lipinski definition) is 1. The van der Waals surface area contributed by atoms with Crippen LogP contribution in [-0.4, -0.2) is 29.9 Å². The Morgan fingerprint density at radius 2 is 2.29 bits per heavy atom. The van der Waals surface area contributed by atoms with Crippen molar-refractivity contribution in [3.63, 3.8) is 0 Å². The molecule has 82 valence electrons. The second-order valence-electron chi connectivity index (χ2n) is 4.48. The molecular weight excluding hydrogens is 176 g/mol. The Balaban J connectivity index is 2.42. The van der Waals surface area contributed by atoms with E-state index in [0.717, 1.165) is 19.4 Å². The summed E-state index contributed by atoms with van der Waals surface area (Å²) in [6, 6.07) is 0.432. The molecule has 1 aliphatic heterocycles.